The highest BCUT2D eigenvalue weighted by Gasteiger charge is 2.21. The van der Waals surface area contributed by atoms with E-state index in [1.165, 1.54) is 36.0 Å². The standard InChI is InChI=1S/C16H18ClNS/c1-11(13-9-16(17)19-10-13)18-15-8-4-6-12-5-2-3-7-14(12)15/h2-3,5,7,9-11,15,18H,4,6,8H2,1H3. The number of hydrogen-bond donors (Lipinski definition) is 1. The van der Waals surface area contributed by atoms with Gasteiger partial charge in [-0.2, -0.15) is 0 Å². The summed E-state index contributed by atoms with van der Waals surface area (Å²) in [5, 5.41) is 5.90. The zero-order valence-corrected chi connectivity index (χ0v) is 12.6. The molecule has 19 heavy (non-hydrogen) atoms. The first kappa shape index (κ1) is 13.2. The molecule has 1 aliphatic carbocycles. The molecule has 2 atom stereocenters. The Labute approximate surface area is 123 Å². The third kappa shape index (κ3) is 2.86. The Morgan fingerprint density at radius 1 is 1.37 bits per heavy atom. The van der Waals surface area contributed by atoms with Gasteiger partial charge in [-0.15, -0.1) is 11.3 Å². The van der Waals surface area contributed by atoms with Crippen LogP contribution in [0.15, 0.2) is 35.7 Å². The van der Waals surface area contributed by atoms with Crippen LogP contribution in [0.25, 0.3) is 0 Å². The van der Waals surface area contributed by atoms with E-state index in [4.69, 9.17) is 11.6 Å². The maximum Gasteiger partial charge on any atom is 0.0931 e. The van der Waals surface area contributed by atoms with E-state index in [-0.39, 0.29) is 0 Å². The average molecular weight is 292 g/mol. The van der Waals surface area contributed by atoms with Gasteiger partial charge in [-0.25, -0.2) is 0 Å². The highest BCUT2D eigenvalue weighted by atomic mass is 35.5. The van der Waals surface area contributed by atoms with Crippen LogP contribution in [0.5, 0.6) is 0 Å². The summed E-state index contributed by atoms with van der Waals surface area (Å²) in [6.45, 7) is 2.22. The predicted octanol–water partition coefficient (Wildman–Crippen LogP) is 5.13. The third-order valence-electron chi connectivity index (χ3n) is 3.91. The molecular weight excluding hydrogens is 274 g/mol. The van der Waals surface area contributed by atoms with Crippen LogP contribution in [0.2, 0.25) is 4.34 Å². The van der Waals surface area contributed by atoms with Gasteiger partial charge in [-0.05, 0) is 54.3 Å². The van der Waals surface area contributed by atoms with Crippen LogP contribution in [0.3, 0.4) is 0 Å². The molecule has 1 N–H and O–H groups in total. The predicted molar refractivity (Wildman–Crippen MR) is 83.0 cm³/mol. The lowest BCUT2D eigenvalue weighted by molar-refractivity contribution is 0.416. The van der Waals surface area contributed by atoms with Crippen molar-refractivity contribution in [3.05, 3.63) is 56.7 Å². The topological polar surface area (TPSA) is 12.0 Å². The molecular formula is C16H18ClNS. The zero-order valence-electron chi connectivity index (χ0n) is 11.0. The summed E-state index contributed by atoms with van der Waals surface area (Å²) < 4.78 is 0.868. The van der Waals surface area contributed by atoms with Gasteiger partial charge in [0, 0.05) is 12.1 Å². The van der Waals surface area contributed by atoms with E-state index in [0.717, 1.165) is 4.34 Å². The fourth-order valence-corrected chi connectivity index (χ4v) is 3.86. The van der Waals surface area contributed by atoms with Gasteiger partial charge in [0.1, 0.15) is 0 Å². The van der Waals surface area contributed by atoms with Crippen LogP contribution in [0.4, 0.5) is 0 Å². The highest BCUT2D eigenvalue weighted by molar-refractivity contribution is 7.14. The van der Waals surface area contributed by atoms with E-state index < -0.39 is 0 Å². The Morgan fingerprint density at radius 2 is 2.21 bits per heavy atom. The van der Waals surface area contributed by atoms with Gasteiger partial charge in [0.05, 0.1) is 4.34 Å². The van der Waals surface area contributed by atoms with Crippen LogP contribution < -0.4 is 5.32 Å². The monoisotopic (exact) mass is 291 g/mol. The van der Waals surface area contributed by atoms with Crippen LogP contribution in [0, 0.1) is 0 Å². The fraction of sp³-hybridized carbons (Fsp3) is 0.375. The van der Waals surface area contributed by atoms with E-state index in [1.54, 1.807) is 11.3 Å². The molecule has 1 aromatic carbocycles. The Morgan fingerprint density at radius 3 is 3.00 bits per heavy atom. The van der Waals surface area contributed by atoms with Crippen molar-refractivity contribution >= 4 is 22.9 Å². The molecule has 0 spiro atoms. The van der Waals surface area contributed by atoms with E-state index in [9.17, 15) is 0 Å². The first-order valence-electron chi connectivity index (χ1n) is 6.82. The molecule has 3 heteroatoms. The van der Waals surface area contributed by atoms with E-state index in [2.05, 4.69) is 48.0 Å². The van der Waals surface area contributed by atoms with Crippen molar-refractivity contribution in [1.29, 1.82) is 0 Å². The summed E-state index contributed by atoms with van der Waals surface area (Å²) in [7, 11) is 0. The van der Waals surface area contributed by atoms with E-state index >= 15 is 0 Å². The number of hydrogen-bond acceptors (Lipinski definition) is 2. The molecule has 1 aliphatic rings. The number of benzene rings is 1. The second kappa shape index (κ2) is 5.66. The Hall–Kier alpha value is -0.830. The molecule has 0 radical (unpaired) electrons. The molecule has 0 saturated carbocycles. The van der Waals surface area contributed by atoms with Crippen molar-refractivity contribution in [2.24, 2.45) is 0 Å². The number of fused-ring (bicyclic) bond motifs is 1. The second-order valence-electron chi connectivity index (χ2n) is 5.22. The lowest BCUT2D eigenvalue weighted by Gasteiger charge is -2.29. The minimum absolute atomic E-state index is 0.347. The number of halogens is 1. The summed E-state index contributed by atoms with van der Waals surface area (Å²) in [5.41, 5.74) is 4.27. The lowest BCUT2D eigenvalue weighted by atomic mass is 9.87. The van der Waals surface area contributed by atoms with Crippen LogP contribution in [0.1, 0.15) is 48.5 Å². The van der Waals surface area contributed by atoms with Crippen molar-refractivity contribution in [2.45, 2.75) is 38.3 Å². The van der Waals surface area contributed by atoms with Crippen LogP contribution in [-0.4, -0.2) is 0 Å². The Kier molecular flexibility index (Phi) is 3.92. The quantitative estimate of drug-likeness (QED) is 0.826. The minimum Gasteiger partial charge on any atom is -0.303 e. The molecule has 1 heterocycles. The average Bonchev–Trinajstić information content (AvgIpc) is 2.86. The number of thiophene rings is 1. The Bertz CT molecular complexity index is 563. The second-order valence-corrected chi connectivity index (χ2v) is 6.76. The summed E-state index contributed by atoms with van der Waals surface area (Å²) in [6, 6.07) is 11.7. The van der Waals surface area contributed by atoms with Gasteiger partial charge >= 0.3 is 0 Å². The molecule has 1 aromatic heterocycles. The SMILES string of the molecule is CC(NC1CCCc2ccccc21)c1csc(Cl)c1. The minimum atomic E-state index is 0.347. The van der Waals surface area contributed by atoms with Crippen LogP contribution in [-0.2, 0) is 6.42 Å². The third-order valence-corrected chi connectivity index (χ3v) is 5.02. The first-order valence-corrected chi connectivity index (χ1v) is 8.07. The zero-order chi connectivity index (χ0) is 13.2. The molecule has 0 saturated heterocycles. The highest BCUT2D eigenvalue weighted by Crippen LogP contribution is 2.32. The maximum atomic E-state index is 6.02. The number of rotatable bonds is 3. The lowest BCUT2D eigenvalue weighted by Crippen LogP contribution is -2.27. The molecule has 0 amide bonds. The summed E-state index contributed by atoms with van der Waals surface area (Å²) in [6.07, 6.45) is 3.71. The Balaban J connectivity index is 1.77. The van der Waals surface area contributed by atoms with Crippen molar-refractivity contribution in [1.82, 2.24) is 5.32 Å². The molecule has 100 valence electrons. The smallest absolute Gasteiger partial charge is 0.0931 e. The van der Waals surface area contributed by atoms with E-state index in [0.29, 0.717) is 12.1 Å². The summed E-state index contributed by atoms with van der Waals surface area (Å²) in [4.78, 5) is 0. The molecule has 0 fully saturated rings. The molecule has 0 aliphatic heterocycles. The largest absolute Gasteiger partial charge is 0.303 e. The molecule has 1 nitrogen and oxygen atoms in total. The normalized spacial score (nSPS) is 20.0. The van der Waals surface area contributed by atoms with E-state index in [1.807, 2.05) is 0 Å². The molecule has 3 rings (SSSR count). The van der Waals surface area contributed by atoms with Gasteiger partial charge in [-0.1, -0.05) is 35.9 Å². The first-order chi connectivity index (χ1) is 9.24. The summed E-state index contributed by atoms with van der Waals surface area (Å²) >= 11 is 7.62. The molecule has 2 unspecified atom stereocenters. The maximum absolute atomic E-state index is 6.02. The van der Waals surface area contributed by atoms with Gasteiger partial charge in [-0.3, -0.25) is 0 Å². The van der Waals surface area contributed by atoms with Gasteiger partial charge in [0.15, 0.2) is 0 Å². The van der Waals surface area contributed by atoms with Crippen molar-refractivity contribution < 1.29 is 0 Å². The van der Waals surface area contributed by atoms with Crippen molar-refractivity contribution in [3.63, 3.8) is 0 Å². The van der Waals surface area contributed by atoms with Gasteiger partial charge in [0.25, 0.3) is 0 Å². The fourth-order valence-electron chi connectivity index (χ4n) is 2.88. The van der Waals surface area contributed by atoms with Crippen molar-refractivity contribution in [3.8, 4) is 0 Å². The number of nitrogens with one attached hydrogen (secondary N) is 1. The van der Waals surface area contributed by atoms with Crippen molar-refractivity contribution in [2.75, 3.05) is 0 Å². The summed E-state index contributed by atoms with van der Waals surface area (Å²) in [5.74, 6) is 0. The van der Waals surface area contributed by atoms with Crippen LogP contribution >= 0.6 is 22.9 Å². The molecule has 0 bridgehead atoms. The van der Waals surface area contributed by atoms with Gasteiger partial charge < -0.3 is 5.32 Å². The van der Waals surface area contributed by atoms with Gasteiger partial charge in [0.2, 0.25) is 0 Å². The molecule has 2 aromatic rings. The number of aryl methyl sites for hydroxylation is 1.